The monoisotopic (exact) mass is 184 g/mol. The van der Waals surface area contributed by atoms with E-state index >= 15 is 0 Å². The molecule has 6 heteroatoms. The molecular formula is C7H12N4O2. The molecule has 0 aromatic rings. The normalized spacial score (nSPS) is 32.9. The van der Waals surface area contributed by atoms with Gasteiger partial charge in [-0.05, 0) is 12.8 Å². The fourth-order valence-electron chi connectivity index (χ4n) is 2.30. The molecule has 13 heavy (non-hydrogen) atoms. The Morgan fingerprint density at radius 2 is 2.00 bits per heavy atom. The van der Waals surface area contributed by atoms with Gasteiger partial charge in [-0.25, -0.2) is 0 Å². The second-order valence-corrected chi connectivity index (χ2v) is 3.67. The number of piperidine rings is 1. The van der Waals surface area contributed by atoms with Gasteiger partial charge < -0.3 is 0 Å². The van der Waals surface area contributed by atoms with Crippen molar-refractivity contribution in [3.05, 3.63) is 9.81 Å². The highest BCUT2D eigenvalue weighted by Crippen LogP contribution is 2.30. The lowest BCUT2D eigenvalue weighted by atomic mass is 9.93. The molecular weight excluding hydrogens is 172 g/mol. The van der Waals surface area contributed by atoms with Gasteiger partial charge in [0.1, 0.15) is 0 Å². The summed E-state index contributed by atoms with van der Waals surface area (Å²) in [4.78, 5) is 20.7. The van der Waals surface area contributed by atoms with Crippen LogP contribution in [0.15, 0.2) is 10.6 Å². The molecule has 2 aliphatic rings. The molecule has 0 aromatic carbocycles. The Hall–Kier alpha value is -1.20. The van der Waals surface area contributed by atoms with E-state index in [-0.39, 0.29) is 6.04 Å². The van der Waals surface area contributed by atoms with E-state index < -0.39 is 0 Å². The highest BCUT2D eigenvalue weighted by Gasteiger charge is 2.39. The van der Waals surface area contributed by atoms with Gasteiger partial charge in [-0.3, -0.25) is 10.0 Å². The van der Waals surface area contributed by atoms with Gasteiger partial charge in [0.2, 0.25) is 0 Å². The second-order valence-electron chi connectivity index (χ2n) is 3.67. The minimum Gasteiger partial charge on any atom is -0.258 e. The highest BCUT2D eigenvalue weighted by molar-refractivity contribution is 4.91. The fourth-order valence-corrected chi connectivity index (χ4v) is 2.30. The largest absolute Gasteiger partial charge is 0.258 e. The molecule has 0 saturated carbocycles. The van der Waals surface area contributed by atoms with Crippen LogP contribution in [0, 0.1) is 15.7 Å². The van der Waals surface area contributed by atoms with Gasteiger partial charge in [-0.2, -0.15) is 0 Å². The number of fused-ring (bicyclic) bond motifs is 1. The van der Waals surface area contributed by atoms with Crippen LogP contribution in [0.4, 0.5) is 0 Å². The first kappa shape index (κ1) is 8.40. The van der Waals surface area contributed by atoms with Crippen LogP contribution in [0.1, 0.15) is 12.8 Å². The van der Waals surface area contributed by atoms with E-state index in [0.29, 0.717) is 19.0 Å². The lowest BCUT2D eigenvalue weighted by molar-refractivity contribution is 0.126. The van der Waals surface area contributed by atoms with Crippen LogP contribution in [-0.4, -0.2) is 35.7 Å². The summed E-state index contributed by atoms with van der Waals surface area (Å²) in [6.45, 7) is 1.96. The first-order valence-electron chi connectivity index (χ1n) is 4.53. The zero-order valence-corrected chi connectivity index (χ0v) is 7.30. The molecule has 0 bridgehead atoms. The first-order chi connectivity index (χ1) is 6.35. The fraction of sp³-hybridized carbons (Fsp3) is 1.00. The lowest BCUT2D eigenvalue weighted by Crippen LogP contribution is -2.41. The zero-order chi connectivity index (χ0) is 9.26. The predicted molar refractivity (Wildman–Crippen MR) is 46.4 cm³/mol. The Kier molecular flexibility index (Phi) is 2.12. The molecule has 0 aliphatic carbocycles. The van der Waals surface area contributed by atoms with E-state index in [9.17, 15) is 9.81 Å². The minimum absolute atomic E-state index is 0.115. The number of nitroso groups, excluding NO2 is 2. The molecule has 2 heterocycles. The number of nitrogens with zero attached hydrogens (tertiary/aromatic N) is 4. The number of hydrogen-bond acceptors (Lipinski definition) is 4. The summed E-state index contributed by atoms with van der Waals surface area (Å²) in [5.74, 6) is 0.393. The minimum atomic E-state index is 0.115. The van der Waals surface area contributed by atoms with Crippen LogP contribution in [0.3, 0.4) is 0 Å². The van der Waals surface area contributed by atoms with Crippen molar-refractivity contribution in [2.75, 3.05) is 19.6 Å². The van der Waals surface area contributed by atoms with Gasteiger partial charge in [0.25, 0.3) is 0 Å². The van der Waals surface area contributed by atoms with Crippen molar-refractivity contribution in [2.45, 2.75) is 18.9 Å². The van der Waals surface area contributed by atoms with E-state index in [1.807, 2.05) is 0 Å². The molecule has 6 nitrogen and oxygen atoms in total. The summed E-state index contributed by atoms with van der Waals surface area (Å²) >= 11 is 0. The first-order valence-corrected chi connectivity index (χ1v) is 4.53. The summed E-state index contributed by atoms with van der Waals surface area (Å²) in [7, 11) is 0. The maximum Gasteiger partial charge on any atom is 0.0741 e. The van der Waals surface area contributed by atoms with Crippen LogP contribution in [0.25, 0.3) is 0 Å². The van der Waals surface area contributed by atoms with Gasteiger partial charge in [0, 0.05) is 19.0 Å². The highest BCUT2D eigenvalue weighted by atomic mass is 16.3. The molecule has 72 valence electrons. The van der Waals surface area contributed by atoms with Gasteiger partial charge >= 0.3 is 0 Å². The smallest absolute Gasteiger partial charge is 0.0741 e. The van der Waals surface area contributed by atoms with E-state index in [0.717, 1.165) is 19.4 Å². The topological polar surface area (TPSA) is 65.3 Å². The molecule has 2 rings (SSSR count). The molecule has 2 fully saturated rings. The number of hydrogen-bond donors (Lipinski definition) is 0. The summed E-state index contributed by atoms with van der Waals surface area (Å²) in [5, 5.41) is 8.91. The van der Waals surface area contributed by atoms with Crippen LogP contribution < -0.4 is 0 Å². The summed E-state index contributed by atoms with van der Waals surface area (Å²) < 4.78 is 0. The Labute approximate surface area is 75.8 Å². The molecule has 0 amide bonds. The van der Waals surface area contributed by atoms with Crippen LogP contribution in [-0.2, 0) is 0 Å². The van der Waals surface area contributed by atoms with Gasteiger partial charge in [-0.15, -0.1) is 9.81 Å². The molecule has 0 radical (unpaired) electrons. The average Bonchev–Trinajstić information content (AvgIpc) is 2.59. The third-order valence-corrected chi connectivity index (χ3v) is 2.95. The van der Waals surface area contributed by atoms with Crippen molar-refractivity contribution in [2.24, 2.45) is 16.5 Å². The lowest BCUT2D eigenvalue weighted by Gasteiger charge is -2.31. The SMILES string of the molecule is O=NN1C[C@@H]2CCCN(N=O)[C@@H]2C1. The van der Waals surface area contributed by atoms with Gasteiger partial charge in [0.05, 0.1) is 23.2 Å². The van der Waals surface area contributed by atoms with Crippen molar-refractivity contribution < 1.29 is 0 Å². The predicted octanol–water partition coefficient (Wildman–Crippen LogP) is 0.745. The molecule has 2 atom stereocenters. The maximum absolute atomic E-state index is 10.4. The van der Waals surface area contributed by atoms with Gasteiger partial charge in [-0.1, -0.05) is 0 Å². The van der Waals surface area contributed by atoms with Crippen molar-refractivity contribution in [3.8, 4) is 0 Å². The number of rotatable bonds is 2. The Bertz CT molecular complexity index is 223. The molecule has 0 aromatic heterocycles. The van der Waals surface area contributed by atoms with Crippen LogP contribution in [0.5, 0.6) is 0 Å². The summed E-state index contributed by atoms with van der Waals surface area (Å²) in [6.07, 6.45) is 2.06. The summed E-state index contributed by atoms with van der Waals surface area (Å²) in [5.41, 5.74) is 0. The Balaban J connectivity index is 2.07. The van der Waals surface area contributed by atoms with Crippen molar-refractivity contribution in [1.29, 1.82) is 0 Å². The average molecular weight is 184 g/mol. The molecule has 0 unspecified atom stereocenters. The Morgan fingerprint density at radius 3 is 2.69 bits per heavy atom. The third-order valence-electron chi connectivity index (χ3n) is 2.95. The van der Waals surface area contributed by atoms with E-state index in [1.54, 1.807) is 5.01 Å². The molecule has 0 spiro atoms. The second kappa shape index (κ2) is 3.27. The zero-order valence-electron chi connectivity index (χ0n) is 7.30. The third kappa shape index (κ3) is 1.36. The van der Waals surface area contributed by atoms with E-state index in [4.69, 9.17) is 0 Å². The standard InChI is InChI=1S/C7H12N4O2/c12-8-10-4-6-2-1-3-11(9-13)7(6)5-10/h6-7H,1-5H2/t6-,7+/m0/s1. The van der Waals surface area contributed by atoms with Gasteiger partial charge in [0.15, 0.2) is 0 Å². The van der Waals surface area contributed by atoms with Crippen LogP contribution >= 0.6 is 0 Å². The maximum atomic E-state index is 10.4. The summed E-state index contributed by atoms with van der Waals surface area (Å²) in [6, 6.07) is 0.115. The van der Waals surface area contributed by atoms with Crippen molar-refractivity contribution >= 4 is 0 Å². The van der Waals surface area contributed by atoms with Crippen molar-refractivity contribution in [3.63, 3.8) is 0 Å². The van der Waals surface area contributed by atoms with E-state index in [1.165, 1.54) is 5.01 Å². The van der Waals surface area contributed by atoms with Crippen LogP contribution in [0.2, 0.25) is 0 Å². The van der Waals surface area contributed by atoms with Crippen molar-refractivity contribution in [1.82, 2.24) is 10.0 Å². The molecule has 2 saturated heterocycles. The van der Waals surface area contributed by atoms with E-state index in [2.05, 4.69) is 10.6 Å². The quantitative estimate of drug-likeness (QED) is 0.594. The Morgan fingerprint density at radius 1 is 1.15 bits per heavy atom. The molecule has 2 aliphatic heterocycles. The molecule has 0 N–H and O–H groups in total.